The summed E-state index contributed by atoms with van der Waals surface area (Å²) in [6.07, 6.45) is 0. The van der Waals surface area contributed by atoms with E-state index in [-0.39, 0.29) is 17.6 Å². The van der Waals surface area contributed by atoms with Crippen LogP contribution in [-0.4, -0.2) is 36.4 Å². The van der Waals surface area contributed by atoms with Crippen molar-refractivity contribution < 1.29 is 9.18 Å². The molecule has 1 aromatic rings. The number of hydrogen-bond acceptors (Lipinski definition) is 3. The number of hydrogen-bond donors (Lipinski definition) is 1. The van der Waals surface area contributed by atoms with Gasteiger partial charge < -0.3 is 5.73 Å². The van der Waals surface area contributed by atoms with Crippen molar-refractivity contribution in [2.75, 3.05) is 19.6 Å². The average Bonchev–Trinajstić information content (AvgIpc) is 2.16. The molecule has 1 fully saturated rings. The van der Waals surface area contributed by atoms with Crippen molar-refractivity contribution >= 4 is 5.78 Å². The number of Topliss-reactive ketones (excluding diaryl/α,β-unsaturated/α-hetero) is 1. The molecular formula is C11H13FN2O. The van der Waals surface area contributed by atoms with Crippen LogP contribution in [0.2, 0.25) is 0 Å². The van der Waals surface area contributed by atoms with Gasteiger partial charge >= 0.3 is 0 Å². The normalized spacial score (nSPS) is 17.5. The highest BCUT2D eigenvalue weighted by Crippen LogP contribution is 2.09. The molecule has 2 N–H and O–H groups in total. The molecule has 0 spiro atoms. The Labute approximate surface area is 87.7 Å². The first kappa shape index (κ1) is 10.3. The van der Waals surface area contributed by atoms with Crippen molar-refractivity contribution in [2.24, 2.45) is 5.73 Å². The van der Waals surface area contributed by atoms with Gasteiger partial charge in [0.2, 0.25) is 0 Å². The molecule has 1 saturated heterocycles. The van der Waals surface area contributed by atoms with Gasteiger partial charge in [-0.3, -0.25) is 9.69 Å². The molecule has 1 aromatic carbocycles. The Morgan fingerprint density at radius 1 is 1.40 bits per heavy atom. The van der Waals surface area contributed by atoms with Gasteiger partial charge in [-0.1, -0.05) is 0 Å². The molecule has 0 amide bonds. The summed E-state index contributed by atoms with van der Waals surface area (Å²) in [5, 5.41) is 0. The Balaban J connectivity index is 1.93. The largest absolute Gasteiger partial charge is 0.325 e. The number of benzene rings is 1. The number of carbonyl (C=O) groups excluding carboxylic acids is 1. The van der Waals surface area contributed by atoms with Crippen LogP contribution in [0.15, 0.2) is 24.3 Å². The monoisotopic (exact) mass is 208 g/mol. The maximum atomic E-state index is 12.6. The van der Waals surface area contributed by atoms with Crippen LogP contribution in [0.25, 0.3) is 0 Å². The molecule has 1 aliphatic heterocycles. The van der Waals surface area contributed by atoms with E-state index in [1.54, 1.807) is 0 Å². The maximum Gasteiger partial charge on any atom is 0.176 e. The van der Waals surface area contributed by atoms with E-state index in [0.717, 1.165) is 13.1 Å². The number of halogens is 1. The van der Waals surface area contributed by atoms with Crippen molar-refractivity contribution in [3.8, 4) is 0 Å². The van der Waals surface area contributed by atoms with E-state index < -0.39 is 0 Å². The third-order valence-corrected chi connectivity index (χ3v) is 2.52. The van der Waals surface area contributed by atoms with E-state index in [1.807, 2.05) is 4.90 Å². The fourth-order valence-corrected chi connectivity index (χ4v) is 1.67. The molecule has 1 aliphatic rings. The number of nitrogens with two attached hydrogens (primary N) is 1. The van der Waals surface area contributed by atoms with E-state index in [0.29, 0.717) is 12.1 Å². The van der Waals surface area contributed by atoms with Crippen molar-refractivity contribution in [2.45, 2.75) is 6.04 Å². The quantitative estimate of drug-likeness (QED) is 0.742. The molecule has 0 atom stereocenters. The highest BCUT2D eigenvalue weighted by molar-refractivity contribution is 5.97. The van der Waals surface area contributed by atoms with Gasteiger partial charge in [-0.05, 0) is 24.3 Å². The van der Waals surface area contributed by atoms with Crippen LogP contribution in [-0.2, 0) is 0 Å². The summed E-state index contributed by atoms with van der Waals surface area (Å²) in [4.78, 5) is 13.6. The van der Waals surface area contributed by atoms with Crippen LogP contribution in [0.1, 0.15) is 10.4 Å². The fraction of sp³-hybridized carbons (Fsp3) is 0.364. The smallest absolute Gasteiger partial charge is 0.176 e. The molecule has 0 saturated carbocycles. The minimum atomic E-state index is -0.322. The molecule has 0 aliphatic carbocycles. The van der Waals surface area contributed by atoms with Crippen molar-refractivity contribution in [1.29, 1.82) is 0 Å². The van der Waals surface area contributed by atoms with Gasteiger partial charge in [0.1, 0.15) is 5.82 Å². The molecule has 0 aromatic heterocycles. The van der Waals surface area contributed by atoms with E-state index in [2.05, 4.69) is 0 Å². The minimum absolute atomic E-state index is 0.0156. The van der Waals surface area contributed by atoms with Crippen LogP contribution in [0.3, 0.4) is 0 Å². The van der Waals surface area contributed by atoms with Crippen LogP contribution >= 0.6 is 0 Å². The predicted octanol–water partition coefficient (Wildman–Crippen LogP) is 0.651. The Bertz CT molecular complexity index is 357. The summed E-state index contributed by atoms with van der Waals surface area (Å²) >= 11 is 0. The second kappa shape index (κ2) is 4.08. The Morgan fingerprint density at radius 3 is 2.53 bits per heavy atom. The van der Waals surface area contributed by atoms with Crippen LogP contribution in [0.5, 0.6) is 0 Å². The maximum absolute atomic E-state index is 12.6. The van der Waals surface area contributed by atoms with Gasteiger partial charge in [-0.2, -0.15) is 0 Å². The average molecular weight is 208 g/mol. The predicted molar refractivity (Wildman–Crippen MR) is 55.1 cm³/mol. The lowest BCUT2D eigenvalue weighted by molar-refractivity contribution is 0.0843. The van der Waals surface area contributed by atoms with Crippen LogP contribution in [0, 0.1) is 5.82 Å². The summed E-state index contributed by atoms with van der Waals surface area (Å²) in [6.45, 7) is 1.92. The second-order valence-electron chi connectivity index (χ2n) is 3.88. The third-order valence-electron chi connectivity index (χ3n) is 2.52. The molecule has 1 heterocycles. The summed E-state index contributed by atoms with van der Waals surface area (Å²) in [5.74, 6) is -0.306. The molecular weight excluding hydrogens is 195 g/mol. The summed E-state index contributed by atoms with van der Waals surface area (Å²) in [5.41, 5.74) is 6.15. The van der Waals surface area contributed by atoms with Gasteiger partial charge in [-0.25, -0.2) is 4.39 Å². The molecule has 80 valence electrons. The van der Waals surface area contributed by atoms with Crippen molar-refractivity contribution in [1.82, 2.24) is 4.90 Å². The van der Waals surface area contributed by atoms with Gasteiger partial charge in [-0.15, -0.1) is 0 Å². The first-order chi connectivity index (χ1) is 7.15. The number of nitrogens with zero attached hydrogens (tertiary/aromatic N) is 1. The van der Waals surface area contributed by atoms with E-state index in [9.17, 15) is 9.18 Å². The van der Waals surface area contributed by atoms with Crippen molar-refractivity contribution in [3.05, 3.63) is 35.6 Å². The van der Waals surface area contributed by atoms with E-state index in [1.165, 1.54) is 24.3 Å². The third kappa shape index (κ3) is 2.40. The molecule has 0 bridgehead atoms. The number of rotatable bonds is 3. The molecule has 2 rings (SSSR count). The molecule has 3 nitrogen and oxygen atoms in total. The SMILES string of the molecule is NC1CN(CC(=O)c2ccc(F)cc2)C1. The van der Waals surface area contributed by atoms with Crippen LogP contribution in [0.4, 0.5) is 4.39 Å². The summed E-state index contributed by atoms with van der Waals surface area (Å²) in [6, 6.07) is 5.82. The first-order valence-electron chi connectivity index (χ1n) is 4.92. The van der Waals surface area contributed by atoms with Gasteiger partial charge in [0, 0.05) is 24.7 Å². The number of carbonyl (C=O) groups is 1. The zero-order chi connectivity index (χ0) is 10.8. The lowest BCUT2D eigenvalue weighted by Crippen LogP contribution is -2.56. The highest BCUT2D eigenvalue weighted by Gasteiger charge is 2.24. The lowest BCUT2D eigenvalue weighted by Gasteiger charge is -2.36. The summed E-state index contributed by atoms with van der Waals surface area (Å²) < 4.78 is 12.6. The fourth-order valence-electron chi connectivity index (χ4n) is 1.67. The Kier molecular flexibility index (Phi) is 2.79. The van der Waals surface area contributed by atoms with Gasteiger partial charge in [0.15, 0.2) is 5.78 Å². The van der Waals surface area contributed by atoms with E-state index in [4.69, 9.17) is 5.73 Å². The van der Waals surface area contributed by atoms with Crippen LogP contribution < -0.4 is 5.73 Å². The first-order valence-corrected chi connectivity index (χ1v) is 4.92. The molecule has 0 radical (unpaired) electrons. The second-order valence-corrected chi connectivity index (χ2v) is 3.88. The van der Waals surface area contributed by atoms with Gasteiger partial charge in [0.05, 0.1) is 6.54 Å². The zero-order valence-electron chi connectivity index (χ0n) is 8.32. The Hall–Kier alpha value is -1.26. The van der Waals surface area contributed by atoms with E-state index >= 15 is 0 Å². The lowest BCUT2D eigenvalue weighted by atomic mass is 10.1. The van der Waals surface area contributed by atoms with Crippen molar-refractivity contribution in [3.63, 3.8) is 0 Å². The Morgan fingerprint density at radius 2 is 2.00 bits per heavy atom. The van der Waals surface area contributed by atoms with Gasteiger partial charge in [0.25, 0.3) is 0 Å². The molecule has 4 heteroatoms. The topological polar surface area (TPSA) is 46.3 Å². The standard InChI is InChI=1S/C11H13FN2O/c12-9-3-1-8(2-4-9)11(15)7-14-5-10(13)6-14/h1-4,10H,5-7,13H2. The number of ketones is 1. The summed E-state index contributed by atoms with van der Waals surface area (Å²) in [7, 11) is 0. The highest BCUT2D eigenvalue weighted by atomic mass is 19.1. The minimum Gasteiger partial charge on any atom is -0.325 e. The molecule has 15 heavy (non-hydrogen) atoms. The number of likely N-dealkylation sites (tertiary alicyclic amines) is 1. The molecule has 0 unspecified atom stereocenters. The zero-order valence-corrected chi connectivity index (χ0v) is 8.32.